The summed E-state index contributed by atoms with van der Waals surface area (Å²) in [5, 5.41) is 4.41. The summed E-state index contributed by atoms with van der Waals surface area (Å²) in [7, 11) is 0. The van der Waals surface area contributed by atoms with Crippen molar-refractivity contribution < 1.29 is 0 Å². The first kappa shape index (κ1) is 8.52. The molecule has 2 rings (SSSR count). The highest BCUT2D eigenvalue weighted by Crippen LogP contribution is 2.42. The summed E-state index contributed by atoms with van der Waals surface area (Å²) >= 11 is 0. The molecule has 1 spiro atoms. The lowest BCUT2D eigenvalue weighted by molar-refractivity contribution is 0.123. The minimum Gasteiger partial charge on any atom is -0.328 e. The van der Waals surface area contributed by atoms with E-state index in [1.807, 2.05) is 0 Å². The molecule has 1 saturated carbocycles. The van der Waals surface area contributed by atoms with E-state index in [1.165, 1.54) is 38.5 Å². The number of piperidine rings is 1. The highest BCUT2D eigenvalue weighted by Gasteiger charge is 2.35. The minimum absolute atomic E-state index is 0.495. The molecule has 12 heavy (non-hydrogen) atoms. The largest absolute Gasteiger partial charge is 0.328 e. The van der Waals surface area contributed by atoms with E-state index in [2.05, 4.69) is 5.32 Å². The second kappa shape index (κ2) is 3.35. The fraction of sp³-hybridized carbons (Fsp3) is 1.00. The summed E-state index contributed by atoms with van der Waals surface area (Å²) in [5.41, 5.74) is 6.57. The molecule has 0 amide bonds. The molecule has 0 aromatic carbocycles. The molecule has 2 fully saturated rings. The number of nitrogens with two attached hydrogens (primary N) is 1. The first-order chi connectivity index (χ1) is 5.81. The van der Waals surface area contributed by atoms with Crippen molar-refractivity contribution in [3.05, 3.63) is 0 Å². The van der Waals surface area contributed by atoms with Gasteiger partial charge in [-0.15, -0.1) is 0 Å². The van der Waals surface area contributed by atoms with E-state index in [4.69, 9.17) is 5.73 Å². The van der Waals surface area contributed by atoms with E-state index in [1.54, 1.807) is 0 Å². The maximum atomic E-state index is 5.90. The van der Waals surface area contributed by atoms with Gasteiger partial charge in [-0.25, -0.2) is 5.32 Å². The van der Waals surface area contributed by atoms with Crippen molar-refractivity contribution in [2.75, 3.05) is 13.1 Å². The Hall–Kier alpha value is -0.0800. The van der Waals surface area contributed by atoms with Crippen LogP contribution in [0.2, 0.25) is 0 Å². The quantitative estimate of drug-likeness (QED) is 0.580. The van der Waals surface area contributed by atoms with Gasteiger partial charge >= 0.3 is 0 Å². The topological polar surface area (TPSA) is 40.1 Å². The molecule has 2 heteroatoms. The molecule has 0 aromatic heterocycles. The van der Waals surface area contributed by atoms with Crippen LogP contribution in [0.25, 0.3) is 0 Å². The summed E-state index contributed by atoms with van der Waals surface area (Å²) in [6.45, 7) is 2.21. The van der Waals surface area contributed by atoms with Crippen LogP contribution in [0.1, 0.15) is 38.5 Å². The predicted molar refractivity (Wildman–Crippen MR) is 50.0 cm³/mol. The van der Waals surface area contributed by atoms with E-state index in [-0.39, 0.29) is 0 Å². The Bertz CT molecular complexity index is 140. The average molecular weight is 167 g/mol. The van der Waals surface area contributed by atoms with Crippen molar-refractivity contribution in [1.82, 2.24) is 5.32 Å². The van der Waals surface area contributed by atoms with Gasteiger partial charge in [0, 0.05) is 19.1 Å². The van der Waals surface area contributed by atoms with Crippen LogP contribution < -0.4 is 11.1 Å². The Labute approximate surface area is 74.9 Å². The Morgan fingerprint density at radius 2 is 1.58 bits per heavy atom. The van der Waals surface area contributed by atoms with Crippen LogP contribution in [0.4, 0.5) is 0 Å². The molecule has 1 saturated heterocycles. The van der Waals surface area contributed by atoms with Crippen molar-refractivity contribution in [2.45, 2.75) is 44.6 Å². The summed E-state index contributed by atoms with van der Waals surface area (Å²) < 4.78 is 0. The van der Waals surface area contributed by atoms with Gasteiger partial charge in [0.05, 0.1) is 0 Å². The van der Waals surface area contributed by atoms with Gasteiger partial charge < -0.3 is 5.73 Å². The molecule has 1 radical (unpaired) electrons. The van der Waals surface area contributed by atoms with Crippen molar-refractivity contribution >= 4 is 0 Å². The minimum atomic E-state index is 0.495. The summed E-state index contributed by atoms with van der Waals surface area (Å²) in [4.78, 5) is 0. The molecule has 0 atom stereocenters. The van der Waals surface area contributed by atoms with Crippen molar-refractivity contribution in [3.8, 4) is 0 Å². The van der Waals surface area contributed by atoms with Gasteiger partial charge in [-0.2, -0.15) is 0 Å². The van der Waals surface area contributed by atoms with Gasteiger partial charge in [0.25, 0.3) is 0 Å². The van der Waals surface area contributed by atoms with E-state index < -0.39 is 0 Å². The van der Waals surface area contributed by atoms with Crippen LogP contribution >= 0.6 is 0 Å². The van der Waals surface area contributed by atoms with Gasteiger partial charge in [0.2, 0.25) is 0 Å². The van der Waals surface area contributed by atoms with Gasteiger partial charge in [-0.3, -0.25) is 0 Å². The van der Waals surface area contributed by atoms with Crippen molar-refractivity contribution in [3.63, 3.8) is 0 Å². The van der Waals surface area contributed by atoms with Gasteiger partial charge in [0.15, 0.2) is 0 Å². The Morgan fingerprint density at radius 1 is 1.00 bits per heavy atom. The highest BCUT2D eigenvalue weighted by molar-refractivity contribution is 4.89. The third-order valence-corrected chi connectivity index (χ3v) is 3.69. The molecule has 2 N–H and O–H groups in total. The molecule has 0 bridgehead atoms. The molecule has 1 aliphatic heterocycles. The number of nitrogens with zero attached hydrogens (tertiary/aromatic N) is 1. The molecule has 1 heterocycles. The predicted octanol–water partition coefficient (Wildman–Crippen LogP) is 1.27. The molecule has 1 aliphatic carbocycles. The molecule has 2 aliphatic rings. The summed E-state index contributed by atoms with van der Waals surface area (Å²) in [6.07, 6.45) is 7.90. The lowest BCUT2D eigenvalue weighted by Gasteiger charge is -2.42. The maximum Gasteiger partial charge on any atom is 0.0138 e. The van der Waals surface area contributed by atoms with Crippen LogP contribution in [-0.4, -0.2) is 19.1 Å². The molecule has 0 aromatic rings. The SMILES string of the molecule is NC1CCC2(CC[N]CC2)CC1. The highest BCUT2D eigenvalue weighted by atomic mass is 14.9. The third kappa shape index (κ3) is 1.64. The molecular weight excluding hydrogens is 148 g/mol. The Balaban J connectivity index is 1.92. The van der Waals surface area contributed by atoms with E-state index in [0.29, 0.717) is 11.5 Å². The summed E-state index contributed by atoms with van der Waals surface area (Å²) in [6, 6.07) is 0.495. The van der Waals surface area contributed by atoms with Crippen LogP contribution in [-0.2, 0) is 0 Å². The van der Waals surface area contributed by atoms with E-state index in [0.717, 1.165) is 13.1 Å². The second-order valence-corrected chi connectivity index (χ2v) is 4.51. The monoisotopic (exact) mass is 167 g/mol. The molecular formula is C10H19N2. The molecule has 2 nitrogen and oxygen atoms in total. The summed E-state index contributed by atoms with van der Waals surface area (Å²) in [5.74, 6) is 0. The van der Waals surface area contributed by atoms with E-state index in [9.17, 15) is 0 Å². The Kier molecular flexibility index (Phi) is 2.37. The zero-order valence-corrected chi connectivity index (χ0v) is 7.76. The van der Waals surface area contributed by atoms with Gasteiger partial charge in [0.1, 0.15) is 0 Å². The second-order valence-electron chi connectivity index (χ2n) is 4.51. The van der Waals surface area contributed by atoms with Crippen LogP contribution in [0, 0.1) is 5.41 Å². The standard InChI is InChI=1S/C10H19N2/c11-9-1-3-10(4-2-9)5-7-12-8-6-10/h9H,1-8,11H2. The number of hydrogen-bond donors (Lipinski definition) is 1. The van der Waals surface area contributed by atoms with Crippen LogP contribution in [0.15, 0.2) is 0 Å². The average Bonchev–Trinajstić information content (AvgIpc) is 2.13. The van der Waals surface area contributed by atoms with Crippen LogP contribution in [0.5, 0.6) is 0 Å². The normalized spacial score (nSPS) is 30.8. The maximum absolute atomic E-state index is 5.90. The third-order valence-electron chi connectivity index (χ3n) is 3.69. The fourth-order valence-electron chi connectivity index (χ4n) is 2.62. The van der Waals surface area contributed by atoms with Crippen LogP contribution in [0.3, 0.4) is 0 Å². The first-order valence-electron chi connectivity index (χ1n) is 5.20. The molecule has 0 unspecified atom stereocenters. The lowest BCUT2D eigenvalue weighted by Crippen LogP contribution is -2.39. The zero-order chi connectivity index (χ0) is 8.44. The number of rotatable bonds is 0. The Morgan fingerprint density at radius 3 is 2.17 bits per heavy atom. The zero-order valence-electron chi connectivity index (χ0n) is 7.76. The van der Waals surface area contributed by atoms with Gasteiger partial charge in [-0.1, -0.05) is 0 Å². The molecule has 69 valence electrons. The fourth-order valence-corrected chi connectivity index (χ4v) is 2.62. The van der Waals surface area contributed by atoms with Crippen molar-refractivity contribution in [2.24, 2.45) is 11.1 Å². The number of hydrogen-bond acceptors (Lipinski definition) is 1. The first-order valence-corrected chi connectivity index (χ1v) is 5.20. The van der Waals surface area contributed by atoms with E-state index >= 15 is 0 Å². The smallest absolute Gasteiger partial charge is 0.0138 e. The van der Waals surface area contributed by atoms with Gasteiger partial charge in [-0.05, 0) is 43.9 Å². The lowest BCUT2D eigenvalue weighted by atomic mass is 9.67. The van der Waals surface area contributed by atoms with Crippen molar-refractivity contribution in [1.29, 1.82) is 0 Å².